The van der Waals surface area contributed by atoms with Crippen LogP contribution in [0.15, 0.2) is 24.0 Å². The molecule has 0 radical (unpaired) electrons. The Balaban J connectivity index is 2.66. The first-order valence-electron chi connectivity index (χ1n) is 5.40. The van der Waals surface area contributed by atoms with Crippen LogP contribution < -0.4 is 0 Å². The van der Waals surface area contributed by atoms with E-state index in [-0.39, 0.29) is 5.78 Å². The number of carbonyl (C=O) groups excluding carboxylic acids is 1. The second kappa shape index (κ2) is 5.49. The van der Waals surface area contributed by atoms with Crippen LogP contribution in [0.1, 0.15) is 32.8 Å². The Morgan fingerprint density at radius 1 is 1.53 bits per heavy atom. The highest BCUT2D eigenvalue weighted by atomic mass is 16.1. The Kier molecular flexibility index (Phi) is 4.28. The Labute approximate surface area is 90.8 Å². The summed E-state index contributed by atoms with van der Waals surface area (Å²) in [6.07, 6.45) is 6.86. The van der Waals surface area contributed by atoms with Crippen LogP contribution >= 0.6 is 0 Å². The molecule has 0 fully saturated rings. The number of aromatic nitrogens is 2. The summed E-state index contributed by atoms with van der Waals surface area (Å²) >= 11 is 0. The zero-order valence-corrected chi connectivity index (χ0v) is 9.66. The Morgan fingerprint density at radius 2 is 2.27 bits per heavy atom. The average Bonchev–Trinajstić information content (AvgIpc) is 2.67. The summed E-state index contributed by atoms with van der Waals surface area (Å²) < 4.78 is 1.84. The first-order chi connectivity index (χ1) is 7.21. The summed E-state index contributed by atoms with van der Waals surface area (Å²) in [6, 6.07) is 0. The lowest BCUT2D eigenvalue weighted by atomic mass is 10.0. The minimum absolute atomic E-state index is 0.204. The van der Waals surface area contributed by atoms with E-state index in [2.05, 4.69) is 5.10 Å². The number of Topliss-reactive ketones (excluding diaryl/α,β-unsaturated/α-hetero) is 1. The molecule has 15 heavy (non-hydrogen) atoms. The molecule has 1 heterocycles. The zero-order valence-electron chi connectivity index (χ0n) is 9.66. The molecule has 0 saturated heterocycles. The fraction of sp³-hybridized carbons (Fsp3) is 0.500. The number of hydrogen-bond acceptors (Lipinski definition) is 2. The van der Waals surface area contributed by atoms with Crippen LogP contribution in [0, 0.1) is 0 Å². The maximum atomic E-state index is 11.8. The highest BCUT2D eigenvalue weighted by molar-refractivity contribution is 5.96. The second-order valence-electron chi connectivity index (χ2n) is 3.47. The van der Waals surface area contributed by atoms with Crippen LogP contribution in [-0.4, -0.2) is 15.6 Å². The molecular formula is C12H18N2O. The normalized spacial score (nSPS) is 11.8. The van der Waals surface area contributed by atoms with Gasteiger partial charge in [-0.2, -0.15) is 5.10 Å². The number of allylic oxidation sites excluding steroid dienone is 2. The molecular weight excluding hydrogens is 188 g/mol. The van der Waals surface area contributed by atoms with Crippen LogP contribution in [0.5, 0.6) is 0 Å². The van der Waals surface area contributed by atoms with E-state index < -0.39 is 0 Å². The van der Waals surface area contributed by atoms with Crippen LogP contribution in [0.3, 0.4) is 0 Å². The maximum absolute atomic E-state index is 11.8. The third kappa shape index (κ3) is 3.05. The van der Waals surface area contributed by atoms with E-state index in [4.69, 9.17) is 0 Å². The standard InChI is InChI=1S/C12H18N2O/c1-4-11(5-2)12(15)7-10-8-13-14(6-3)9-10/h4,8-9H,5-7H2,1-3H3. The minimum Gasteiger partial charge on any atom is -0.294 e. The summed E-state index contributed by atoms with van der Waals surface area (Å²) in [7, 11) is 0. The van der Waals surface area contributed by atoms with Crippen molar-refractivity contribution in [2.75, 3.05) is 0 Å². The molecule has 0 atom stereocenters. The highest BCUT2D eigenvalue weighted by Crippen LogP contribution is 2.08. The molecule has 1 rings (SSSR count). The van der Waals surface area contributed by atoms with Crippen molar-refractivity contribution in [1.82, 2.24) is 9.78 Å². The third-order valence-electron chi connectivity index (χ3n) is 2.46. The summed E-state index contributed by atoms with van der Waals surface area (Å²) in [5, 5.41) is 4.14. The van der Waals surface area contributed by atoms with Gasteiger partial charge in [0.1, 0.15) is 0 Å². The maximum Gasteiger partial charge on any atom is 0.162 e. The van der Waals surface area contributed by atoms with Crippen molar-refractivity contribution in [2.45, 2.75) is 40.2 Å². The average molecular weight is 206 g/mol. The highest BCUT2D eigenvalue weighted by Gasteiger charge is 2.08. The molecule has 0 aromatic carbocycles. The number of rotatable bonds is 5. The van der Waals surface area contributed by atoms with Crippen molar-refractivity contribution in [1.29, 1.82) is 0 Å². The molecule has 0 saturated carbocycles. The van der Waals surface area contributed by atoms with Gasteiger partial charge in [-0.15, -0.1) is 0 Å². The monoisotopic (exact) mass is 206 g/mol. The number of hydrogen-bond donors (Lipinski definition) is 0. The zero-order chi connectivity index (χ0) is 11.3. The van der Waals surface area contributed by atoms with Crippen LogP contribution in [0.2, 0.25) is 0 Å². The van der Waals surface area contributed by atoms with Crippen LogP contribution in [0.25, 0.3) is 0 Å². The van der Waals surface area contributed by atoms with Gasteiger partial charge in [0.25, 0.3) is 0 Å². The molecule has 3 nitrogen and oxygen atoms in total. The van der Waals surface area contributed by atoms with Crippen molar-refractivity contribution in [3.63, 3.8) is 0 Å². The SMILES string of the molecule is CC=C(CC)C(=O)Cc1cnn(CC)c1. The second-order valence-corrected chi connectivity index (χ2v) is 3.47. The van der Waals surface area contributed by atoms with Crippen LogP contribution in [-0.2, 0) is 17.8 Å². The number of ketones is 1. The first kappa shape index (κ1) is 11.7. The van der Waals surface area contributed by atoms with Gasteiger partial charge in [0.05, 0.1) is 6.20 Å². The molecule has 0 amide bonds. The first-order valence-corrected chi connectivity index (χ1v) is 5.40. The van der Waals surface area contributed by atoms with Gasteiger partial charge < -0.3 is 0 Å². The van der Waals surface area contributed by atoms with Gasteiger partial charge in [0.15, 0.2) is 5.78 Å². The summed E-state index contributed by atoms with van der Waals surface area (Å²) in [5.41, 5.74) is 1.90. The summed E-state index contributed by atoms with van der Waals surface area (Å²) in [6.45, 7) is 6.79. The van der Waals surface area contributed by atoms with Gasteiger partial charge in [0.2, 0.25) is 0 Å². The quantitative estimate of drug-likeness (QED) is 0.693. The number of aryl methyl sites for hydroxylation is 1. The van der Waals surface area contributed by atoms with Crippen molar-refractivity contribution in [3.8, 4) is 0 Å². The lowest BCUT2D eigenvalue weighted by molar-refractivity contribution is -0.115. The minimum atomic E-state index is 0.204. The fourth-order valence-electron chi connectivity index (χ4n) is 1.53. The Morgan fingerprint density at radius 3 is 2.73 bits per heavy atom. The van der Waals surface area contributed by atoms with E-state index in [1.165, 1.54) is 0 Å². The largest absolute Gasteiger partial charge is 0.294 e. The van der Waals surface area contributed by atoms with Gasteiger partial charge in [0, 0.05) is 19.2 Å². The van der Waals surface area contributed by atoms with E-state index in [1.54, 1.807) is 6.20 Å². The van der Waals surface area contributed by atoms with Gasteiger partial charge >= 0.3 is 0 Å². The molecule has 0 aliphatic carbocycles. The van der Waals surface area contributed by atoms with E-state index in [9.17, 15) is 4.79 Å². The fourth-order valence-corrected chi connectivity index (χ4v) is 1.53. The molecule has 1 aromatic heterocycles. The predicted molar refractivity (Wildman–Crippen MR) is 60.7 cm³/mol. The lowest BCUT2D eigenvalue weighted by Gasteiger charge is -2.00. The van der Waals surface area contributed by atoms with E-state index >= 15 is 0 Å². The molecule has 0 aliphatic rings. The molecule has 3 heteroatoms. The molecule has 0 bridgehead atoms. The van der Waals surface area contributed by atoms with Gasteiger partial charge in [-0.05, 0) is 31.4 Å². The third-order valence-corrected chi connectivity index (χ3v) is 2.46. The van der Waals surface area contributed by atoms with Gasteiger partial charge in [-0.3, -0.25) is 9.48 Å². The molecule has 0 spiro atoms. The topological polar surface area (TPSA) is 34.9 Å². The Bertz CT molecular complexity index is 363. The molecule has 0 unspecified atom stereocenters. The Hall–Kier alpha value is -1.38. The van der Waals surface area contributed by atoms with Crippen molar-refractivity contribution in [2.24, 2.45) is 0 Å². The van der Waals surface area contributed by atoms with E-state index in [0.717, 1.165) is 24.1 Å². The van der Waals surface area contributed by atoms with Crippen molar-refractivity contribution < 1.29 is 4.79 Å². The molecule has 0 aliphatic heterocycles. The van der Waals surface area contributed by atoms with E-state index in [1.807, 2.05) is 37.7 Å². The van der Waals surface area contributed by atoms with Gasteiger partial charge in [-0.1, -0.05) is 13.0 Å². The summed E-state index contributed by atoms with van der Waals surface area (Å²) in [5.74, 6) is 0.204. The van der Waals surface area contributed by atoms with Crippen molar-refractivity contribution >= 4 is 5.78 Å². The van der Waals surface area contributed by atoms with Gasteiger partial charge in [-0.25, -0.2) is 0 Å². The molecule has 1 aromatic rings. The smallest absolute Gasteiger partial charge is 0.162 e. The van der Waals surface area contributed by atoms with Crippen molar-refractivity contribution in [3.05, 3.63) is 29.6 Å². The molecule has 0 N–H and O–H groups in total. The molecule has 82 valence electrons. The lowest BCUT2D eigenvalue weighted by Crippen LogP contribution is -2.05. The predicted octanol–water partition coefficient (Wildman–Crippen LogP) is 2.37. The number of carbonyl (C=O) groups is 1. The number of nitrogens with zero attached hydrogens (tertiary/aromatic N) is 2. The summed E-state index contributed by atoms with van der Waals surface area (Å²) in [4.78, 5) is 11.8. The van der Waals surface area contributed by atoms with Crippen LogP contribution in [0.4, 0.5) is 0 Å². The van der Waals surface area contributed by atoms with E-state index in [0.29, 0.717) is 6.42 Å².